The van der Waals surface area contributed by atoms with Gasteiger partial charge in [-0.3, -0.25) is 10.1 Å². The van der Waals surface area contributed by atoms with Gasteiger partial charge in [-0.25, -0.2) is 0 Å². The van der Waals surface area contributed by atoms with E-state index in [-0.39, 0.29) is 0 Å². The summed E-state index contributed by atoms with van der Waals surface area (Å²) in [6.45, 7) is -0.493. The highest BCUT2D eigenvalue weighted by Crippen LogP contribution is 2.18. The average Bonchev–Trinajstić information content (AvgIpc) is 2.17. The van der Waals surface area contributed by atoms with Crippen LogP contribution in [0.3, 0.4) is 0 Å². The van der Waals surface area contributed by atoms with Crippen LogP contribution in [0, 0.1) is 10.1 Å². The third-order valence-electron chi connectivity index (χ3n) is 1.80. The molecule has 0 radical (unpaired) electrons. The smallest absolute Gasteiger partial charge is 0.233 e. The van der Waals surface area contributed by atoms with E-state index in [0.29, 0.717) is 11.3 Å². The summed E-state index contributed by atoms with van der Waals surface area (Å²) in [5.41, 5.74) is 0.487. The van der Waals surface area contributed by atoms with E-state index in [1.807, 2.05) is 0 Å². The summed E-state index contributed by atoms with van der Waals surface area (Å²) in [7, 11) is 1.50. The summed E-state index contributed by atoms with van der Waals surface area (Å²) in [4.78, 5) is 9.60. The van der Waals surface area contributed by atoms with E-state index in [1.54, 1.807) is 24.3 Å². The number of nitro groups is 1. The molecule has 0 aromatic heterocycles. The largest absolute Gasteiger partial charge is 0.497 e. The average molecular weight is 197 g/mol. The molecule has 1 aromatic carbocycles. The number of ether oxygens (including phenoxy) is 1. The second kappa shape index (κ2) is 4.57. The molecule has 1 N–H and O–H groups in total. The molecule has 1 unspecified atom stereocenters. The molecule has 0 heterocycles. The third-order valence-corrected chi connectivity index (χ3v) is 1.80. The van der Waals surface area contributed by atoms with Crippen LogP contribution in [0.15, 0.2) is 24.3 Å². The zero-order valence-electron chi connectivity index (χ0n) is 7.71. The van der Waals surface area contributed by atoms with Crippen LogP contribution in [0.25, 0.3) is 0 Å². The lowest BCUT2D eigenvalue weighted by Crippen LogP contribution is -2.11. The maximum atomic E-state index is 10.2. The third kappa shape index (κ3) is 2.70. The molecule has 0 aliphatic heterocycles. The standard InChI is InChI=1S/C9H11NO4/c1-14-8-4-2-3-7(5-8)9(11)6-10(12)13/h2-5,9,11H,6H2,1H3. The monoisotopic (exact) mass is 197 g/mol. The van der Waals surface area contributed by atoms with Crippen molar-refractivity contribution in [2.45, 2.75) is 6.10 Å². The van der Waals surface area contributed by atoms with Crippen LogP contribution < -0.4 is 4.74 Å². The molecule has 1 aromatic rings. The van der Waals surface area contributed by atoms with Crippen molar-refractivity contribution in [1.82, 2.24) is 0 Å². The molecule has 5 nitrogen and oxygen atoms in total. The van der Waals surface area contributed by atoms with Crippen molar-refractivity contribution < 1.29 is 14.8 Å². The van der Waals surface area contributed by atoms with Gasteiger partial charge in [-0.1, -0.05) is 12.1 Å². The molecular formula is C9H11NO4. The summed E-state index contributed by atoms with van der Waals surface area (Å²) >= 11 is 0. The first-order valence-electron chi connectivity index (χ1n) is 4.07. The van der Waals surface area contributed by atoms with Gasteiger partial charge in [0.25, 0.3) is 0 Å². The predicted molar refractivity (Wildman–Crippen MR) is 49.8 cm³/mol. The fourth-order valence-corrected chi connectivity index (χ4v) is 1.10. The Morgan fingerprint density at radius 2 is 2.36 bits per heavy atom. The molecule has 0 bridgehead atoms. The van der Waals surface area contributed by atoms with E-state index in [9.17, 15) is 15.2 Å². The second-order valence-electron chi connectivity index (χ2n) is 2.81. The Bertz CT molecular complexity index is 326. The minimum absolute atomic E-state index is 0.487. The SMILES string of the molecule is COc1cccc(C(O)C[N+](=O)[O-])c1. The Morgan fingerprint density at radius 1 is 1.64 bits per heavy atom. The number of hydrogen-bond acceptors (Lipinski definition) is 4. The van der Waals surface area contributed by atoms with Crippen LogP contribution in [0.2, 0.25) is 0 Å². The number of aliphatic hydroxyl groups excluding tert-OH is 1. The summed E-state index contributed by atoms with van der Waals surface area (Å²) in [5.74, 6) is 0.574. The normalized spacial score (nSPS) is 12.1. The minimum atomic E-state index is -1.08. The molecule has 76 valence electrons. The lowest BCUT2D eigenvalue weighted by atomic mass is 10.1. The van der Waals surface area contributed by atoms with E-state index < -0.39 is 17.6 Å². The maximum Gasteiger partial charge on any atom is 0.233 e. The van der Waals surface area contributed by atoms with E-state index in [2.05, 4.69) is 0 Å². The zero-order valence-corrected chi connectivity index (χ0v) is 7.71. The number of hydrogen-bond donors (Lipinski definition) is 1. The minimum Gasteiger partial charge on any atom is -0.497 e. The first-order valence-corrected chi connectivity index (χ1v) is 4.07. The fraction of sp³-hybridized carbons (Fsp3) is 0.333. The van der Waals surface area contributed by atoms with Crippen LogP contribution in [-0.4, -0.2) is 23.7 Å². The van der Waals surface area contributed by atoms with Gasteiger partial charge in [-0.2, -0.15) is 0 Å². The molecule has 0 aliphatic rings. The predicted octanol–water partition coefficient (Wildman–Crippen LogP) is 1.01. The molecule has 0 saturated carbocycles. The van der Waals surface area contributed by atoms with E-state index >= 15 is 0 Å². The van der Waals surface area contributed by atoms with E-state index in [0.717, 1.165) is 0 Å². The number of aliphatic hydroxyl groups is 1. The van der Waals surface area contributed by atoms with Gasteiger partial charge < -0.3 is 9.84 Å². The summed E-state index contributed by atoms with van der Waals surface area (Å²) in [6.07, 6.45) is -1.08. The highest BCUT2D eigenvalue weighted by Gasteiger charge is 2.14. The van der Waals surface area contributed by atoms with Crippen molar-refractivity contribution in [2.75, 3.05) is 13.7 Å². The van der Waals surface area contributed by atoms with Gasteiger partial charge in [0.1, 0.15) is 11.9 Å². The first kappa shape index (κ1) is 10.5. The first-order chi connectivity index (χ1) is 6.63. The Kier molecular flexibility index (Phi) is 3.41. The Labute approximate surface area is 81.1 Å². The van der Waals surface area contributed by atoms with Gasteiger partial charge in [0.15, 0.2) is 0 Å². The molecule has 0 spiro atoms. The quantitative estimate of drug-likeness (QED) is 0.577. The molecule has 0 fully saturated rings. The van der Waals surface area contributed by atoms with Crippen molar-refractivity contribution >= 4 is 0 Å². The van der Waals surface area contributed by atoms with Gasteiger partial charge >= 0.3 is 0 Å². The maximum absolute atomic E-state index is 10.2. The fourth-order valence-electron chi connectivity index (χ4n) is 1.10. The van der Waals surface area contributed by atoms with Crippen molar-refractivity contribution in [3.05, 3.63) is 39.9 Å². The highest BCUT2D eigenvalue weighted by atomic mass is 16.6. The zero-order chi connectivity index (χ0) is 10.6. The second-order valence-corrected chi connectivity index (χ2v) is 2.81. The molecule has 14 heavy (non-hydrogen) atoms. The van der Waals surface area contributed by atoms with E-state index in [1.165, 1.54) is 7.11 Å². The summed E-state index contributed by atoms with van der Waals surface area (Å²) in [5, 5.41) is 19.6. The van der Waals surface area contributed by atoms with Gasteiger partial charge in [-0.15, -0.1) is 0 Å². The molecule has 1 atom stereocenters. The van der Waals surface area contributed by atoms with Crippen molar-refractivity contribution in [3.8, 4) is 5.75 Å². The van der Waals surface area contributed by atoms with Crippen molar-refractivity contribution in [2.24, 2.45) is 0 Å². The number of rotatable bonds is 4. The van der Waals surface area contributed by atoms with Gasteiger partial charge in [0.2, 0.25) is 6.54 Å². The van der Waals surface area contributed by atoms with Crippen LogP contribution in [0.5, 0.6) is 5.75 Å². The summed E-state index contributed by atoms with van der Waals surface area (Å²) in [6, 6.07) is 6.59. The molecule has 5 heteroatoms. The van der Waals surface area contributed by atoms with Crippen LogP contribution in [-0.2, 0) is 0 Å². The number of benzene rings is 1. The van der Waals surface area contributed by atoms with Gasteiger partial charge in [0.05, 0.1) is 7.11 Å². The van der Waals surface area contributed by atoms with E-state index in [4.69, 9.17) is 4.74 Å². The van der Waals surface area contributed by atoms with Crippen molar-refractivity contribution in [1.29, 1.82) is 0 Å². The Balaban J connectivity index is 2.78. The van der Waals surface area contributed by atoms with Crippen molar-refractivity contribution in [3.63, 3.8) is 0 Å². The summed E-state index contributed by atoms with van der Waals surface area (Å²) < 4.78 is 4.93. The van der Waals surface area contributed by atoms with Gasteiger partial charge in [-0.05, 0) is 17.7 Å². The Hall–Kier alpha value is -1.62. The molecule has 1 rings (SSSR count). The van der Waals surface area contributed by atoms with Gasteiger partial charge in [0, 0.05) is 4.92 Å². The lowest BCUT2D eigenvalue weighted by Gasteiger charge is -2.07. The lowest BCUT2D eigenvalue weighted by molar-refractivity contribution is -0.491. The highest BCUT2D eigenvalue weighted by molar-refractivity contribution is 5.29. The van der Waals surface area contributed by atoms with Crippen LogP contribution >= 0.6 is 0 Å². The molecule has 0 saturated heterocycles. The number of nitrogens with zero attached hydrogens (tertiary/aromatic N) is 1. The molecule has 0 amide bonds. The number of methoxy groups -OCH3 is 1. The van der Waals surface area contributed by atoms with Crippen LogP contribution in [0.1, 0.15) is 11.7 Å². The van der Waals surface area contributed by atoms with Crippen LogP contribution in [0.4, 0.5) is 0 Å². The molecular weight excluding hydrogens is 186 g/mol. The Morgan fingerprint density at radius 3 is 2.93 bits per heavy atom. The molecule has 0 aliphatic carbocycles. The topological polar surface area (TPSA) is 72.6 Å².